The van der Waals surface area contributed by atoms with Gasteiger partial charge < -0.3 is 15.0 Å². The smallest absolute Gasteiger partial charge is 0.269 e. The van der Waals surface area contributed by atoms with Gasteiger partial charge >= 0.3 is 0 Å². The number of piperidine rings is 1. The molecule has 0 aliphatic carbocycles. The second-order valence-corrected chi connectivity index (χ2v) is 7.28. The van der Waals surface area contributed by atoms with E-state index in [9.17, 15) is 9.59 Å². The van der Waals surface area contributed by atoms with E-state index >= 15 is 0 Å². The van der Waals surface area contributed by atoms with E-state index < -0.39 is 0 Å². The van der Waals surface area contributed by atoms with Gasteiger partial charge in [-0.1, -0.05) is 19.1 Å². The molecule has 28 heavy (non-hydrogen) atoms. The van der Waals surface area contributed by atoms with E-state index in [1.807, 2.05) is 29.2 Å². The van der Waals surface area contributed by atoms with Crippen molar-refractivity contribution < 1.29 is 14.3 Å². The summed E-state index contributed by atoms with van der Waals surface area (Å²) in [5.74, 6) is 1.03. The molecule has 3 rings (SSSR count). The Kier molecular flexibility index (Phi) is 6.63. The van der Waals surface area contributed by atoms with Gasteiger partial charge in [0, 0.05) is 31.4 Å². The lowest BCUT2D eigenvalue weighted by atomic mass is 9.99. The number of hydrogen-bond acceptors (Lipinski definition) is 4. The fraction of sp³-hybridized carbons (Fsp3) is 0.409. The third kappa shape index (κ3) is 5.09. The summed E-state index contributed by atoms with van der Waals surface area (Å²) in [5.41, 5.74) is 1.90. The number of methoxy groups -OCH3 is 1. The van der Waals surface area contributed by atoms with Crippen LogP contribution in [0.2, 0.25) is 0 Å². The van der Waals surface area contributed by atoms with Gasteiger partial charge in [-0.3, -0.25) is 14.6 Å². The zero-order valence-corrected chi connectivity index (χ0v) is 16.5. The van der Waals surface area contributed by atoms with Crippen molar-refractivity contribution in [3.63, 3.8) is 0 Å². The third-order valence-corrected chi connectivity index (χ3v) is 5.04. The molecule has 1 saturated heterocycles. The number of nitrogens with zero attached hydrogens (tertiary/aromatic N) is 2. The van der Waals surface area contributed by atoms with Gasteiger partial charge in [0.1, 0.15) is 11.4 Å². The SMILES string of the molecule is COc1ccc(CCNC(=O)c2cc(C(=O)N3CCCC(C)C3)ccn2)cc1. The number of likely N-dealkylation sites (tertiary alicyclic amines) is 1. The summed E-state index contributed by atoms with van der Waals surface area (Å²) in [4.78, 5) is 31.1. The van der Waals surface area contributed by atoms with Crippen molar-refractivity contribution in [2.45, 2.75) is 26.2 Å². The average Bonchev–Trinajstić information content (AvgIpc) is 2.73. The normalized spacial score (nSPS) is 16.5. The van der Waals surface area contributed by atoms with Gasteiger partial charge in [0.25, 0.3) is 11.8 Å². The van der Waals surface area contributed by atoms with E-state index in [-0.39, 0.29) is 17.5 Å². The van der Waals surface area contributed by atoms with Crippen LogP contribution in [0.15, 0.2) is 42.6 Å². The number of hydrogen-bond donors (Lipinski definition) is 1. The summed E-state index contributed by atoms with van der Waals surface area (Å²) in [7, 11) is 1.63. The second-order valence-electron chi connectivity index (χ2n) is 7.28. The molecule has 2 aromatic rings. The number of carbonyl (C=O) groups is 2. The van der Waals surface area contributed by atoms with Crippen LogP contribution in [-0.2, 0) is 6.42 Å². The number of benzene rings is 1. The van der Waals surface area contributed by atoms with Crippen molar-refractivity contribution in [1.29, 1.82) is 0 Å². The number of rotatable bonds is 6. The Morgan fingerprint density at radius 2 is 2.04 bits per heavy atom. The van der Waals surface area contributed by atoms with Gasteiger partial charge in [-0.05, 0) is 55.0 Å². The maximum Gasteiger partial charge on any atom is 0.269 e. The van der Waals surface area contributed by atoms with Crippen molar-refractivity contribution in [3.8, 4) is 5.75 Å². The van der Waals surface area contributed by atoms with Gasteiger partial charge in [-0.2, -0.15) is 0 Å². The first-order chi connectivity index (χ1) is 13.6. The first kappa shape index (κ1) is 19.9. The molecule has 2 amide bonds. The minimum Gasteiger partial charge on any atom is -0.497 e. The van der Waals surface area contributed by atoms with Crippen molar-refractivity contribution in [2.24, 2.45) is 5.92 Å². The highest BCUT2D eigenvalue weighted by atomic mass is 16.5. The third-order valence-electron chi connectivity index (χ3n) is 5.04. The predicted molar refractivity (Wildman–Crippen MR) is 108 cm³/mol. The Hall–Kier alpha value is -2.89. The molecule has 1 aromatic carbocycles. The second kappa shape index (κ2) is 9.35. The predicted octanol–water partition coefficient (Wildman–Crippen LogP) is 2.93. The van der Waals surface area contributed by atoms with Crippen molar-refractivity contribution in [2.75, 3.05) is 26.7 Å². The molecule has 1 aliphatic rings. The zero-order chi connectivity index (χ0) is 19.9. The van der Waals surface area contributed by atoms with Crippen molar-refractivity contribution >= 4 is 11.8 Å². The highest BCUT2D eigenvalue weighted by Gasteiger charge is 2.22. The van der Waals surface area contributed by atoms with E-state index in [2.05, 4.69) is 17.2 Å². The number of pyridine rings is 1. The summed E-state index contributed by atoms with van der Waals surface area (Å²) in [6.07, 6.45) is 4.41. The Labute approximate surface area is 165 Å². The minimum absolute atomic E-state index is 0.0266. The summed E-state index contributed by atoms with van der Waals surface area (Å²) >= 11 is 0. The van der Waals surface area contributed by atoms with Gasteiger partial charge in [0.15, 0.2) is 0 Å². The van der Waals surface area contributed by atoms with Gasteiger partial charge in [-0.15, -0.1) is 0 Å². The topological polar surface area (TPSA) is 71.5 Å². The molecule has 0 bridgehead atoms. The Balaban J connectivity index is 1.56. The minimum atomic E-state index is -0.268. The Morgan fingerprint density at radius 3 is 2.75 bits per heavy atom. The number of aromatic nitrogens is 1. The van der Waals surface area contributed by atoms with Crippen LogP contribution in [0.25, 0.3) is 0 Å². The maximum atomic E-state index is 12.7. The highest BCUT2D eigenvalue weighted by molar-refractivity contribution is 5.98. The van der Waals surface area contributed by atoms with E-state index in [1.54, 1.807) is 19.2 Å². The molecular weight excluding hydrogens is 354 g/mol. The molecule has 0 saturated carbocycles. The fourth-order valence-corrected chi connectivity index (χ4v) is 3.45. The maximum absolute atomic E-state index is 12.7. The number of carbonyl (C=O) groups excluding carboxylic acids is 2. The summed E-state index contributed by atoms with van der Waals surface area (Å²) in [5, 5.41) is 2.87. The fourth-order valence-electron chi connectivity index (χ4n) is 3.45. The van der Waals surface area contributed by atoms with E-state index in [1.165, 1.54) is 6.20 Å². The van der Waals surface area contributed by atoms with E-state index in [0.717, 1.165) is 37.2 Å². The van der Waals surface area contributed by atoms with Crippen LogP contribution in [-0.4, -0.2) is 48.4 Å². The molecule has 1 aliphatic heterocycles. The van der Waals surface area contributed by atoms with E-state index in [0.29, 0.717) is 24.4 Å². The molecule has 1 fully saturated rings. The van der Waals surface area contributed by atoms with Crippen LogP contribution in [0.4, 0.5) is 0 Å². The molecule has 2 heterocycles. The lowest BCUT2D eigenvalue weighted by Crippen LogP contribution is -2.39. The van der Waals surface area contributed by atoms with Crippen molar-refractivity contribution in [1.82, 2.24) is 15.2 Å². The van der Waals surface area contributed by atoms with Gasteiger partial charge in [-0.25, -0.2) is 0 Å². The van der Waals surface area contributed by atoms with E-state index in [4.69, 9.17) is 4.74 Å². The molecule has 0 radical (unpaired) electrons. The lowest BCUT2D eigenvalue weighted by Gasteiger charge is -2.31. The molecule has 1 N–H and O–H groups in total. The molecule has 6 heteroatoms. The first-order valence-electron chi connectivity index (χ1n) is 9.73. The summed E-state index contributed by atoms with van der Waals surface area (Å²) in [6, 6.07) is 11.0. The first-order valence-corrected chi connectivity index (χ1v) is 9.73. The van der Waals surface area contributed by atoms with Crippen LogP contribution >= 0.6 is 0 Å². The van der Waals surface area contributed by atoms with Crippen LogP contribution in [0, 0.1) is 5.92 Å². The number of nitrogens with one attached hydrogen (secondary N) is 1. The molecule has 148 valence electrons. The zero-order valence-electron chi connectivity index (χ0n) is 16.5. The average molecular weight is 381 g/mol. The van der Waals surface area contributed by atoms with Crippen LogP contribution in [0.3, 0.4) is 0 Å². The number of ether oxygens (including phenoxy) is 1. The van der Waals surface area contributed by atoms with Crippen LogP contribution < -0.4 is 10.1 Å². The standard InChI is InChI=1S/C22H27N3O3/c1-16-4-3-13-25(15-16)22(27)18-10-12-23-20(14-18)21(26)24-11-9-17-5-7-19(28-2)8-6-17/h5-8,10,12,14,16H,3-4,9,11,13,15H2,1-2H3,(H,24,26). The molecular formula is C22H27N3O3. The van der Waals surface area contributed by atoms with Crippen molar-refractivity contribution in [3.05, 3.63) is 59.4 Å². The lowest BCUT2D eigenvalue weighted by molar-refractivity contribution is 0.0683. The number of amides is 2. The van der Waals surface area contributed by atoms with Gasteiger partial charge in [0.2, 0.25) is 0 Å². The van der Waals surface area contributed by atoms with Crippen LogP contribution in [0.1, 0.15) is 46.2 Å². The quantitative estimate of drug-likeness (QED) is 0.835. The Bertz CT molecular complexity index is 820. The molecule has 1 aromatic heterocycles. The monoisotopic (exact) mass is 381 g/mol. The van der Waals surface area contributed by atoms with Gasteiger partial charge in [0.05, 0.1) is 7.11 Å². The van der Waals surface area contributed by atoms with Crippen LogP contribution in [0.5, 0.6) is 5.75 Å². The largest absolute Gasteiger partial charge is 0.497 e. The molecule has 0 spiro atoms. The molecule has 6 nitrogen and oxygen atoms in total. The molecule has 1 unspecified atom stereocenters. The summed E-state index contributed by atoms with van der Waals surface area (Å²) in [6.45, 7) is 4.20. The summed E-state index contributed by atoms with van der Waals surface area (Å²) < 4.78 is 5.14. The highest BCUT2D eigenvalue weighted by Crippen LogP contribution is 2.18. The Morgan fingerprint density at radius 1 is 1.25 bits per heavy atom. The molecule has 1 atom stereocenters.